The molecule has 1 fully saturated rings. The van der Waals surface area contributed by atoms with Gasteiger partial charge in [-0.25, -0.2) is 4.39 Å². The molecule has 0 unspecified atom stereocenters. The molecule has 13 heavy (non-hydrogen) atoms. The van der Waals surface area contributed by atoms with Gasteiger partial charge in [-0.15, -0.1) is 0 Å². The summed E-state index contributed by atoms with van der Waals surface area (Å²) in [5.41, 5.74) is 1.71. The summed E-state index contributed by atoms with van der Waals surface area (Å²) in [6, 6.07) is 4.96. The average molecular weight is 178 g/mol. The molecule has 0 atom stereocenters. The Balaban J connectivity index is 2.30. The van der Waals surface area contributed by atoms with Crippen LogP contribution < -0.4 is 0 Å². The minimum atomic E-state index is -0.128. The highest BCUT2D eigenvalue weighted by Crippen LogP contribution is 2.41. The smallest absolute Gasteiger partial charge is 0.126 e. The average Bonchev–Trinajstić information content (AvgIpc) is 2.92. The number of carbonyl (C=O) groups excluding carboxylic acids is 1. The Morgan fingerprint density at radius 1 is 1.46 bits per heavy atom. The molecule has 1 aromatic rings. The van der Waals surface area contributed by atoms with Crippen LogP contribution in [0.4, 0.5) is 4.39 Å². The van der Waals surface area contributed by atoms with Crippen LogP contribution in [0, 0.1) is 5.82 Å². The van der Waals surface area contributed by atoms with Gasteiger partial charge in [0.15, 0.2) is 0 Å². The molecule has 1 aliphatic carbocycles. The molecule has 0 N–H and O–H groups in total. The fourth-order valence-electron chi connectivity index (χ4n) is 1.52. The van der Waals surface area contributed by atoms with Crippen LogP contribution in [-0.2, 0) is 11.2 Å². The molecule has 0 heterocycles. The molecule has 0 aliphatic heterocycles. The van der Waals surface area contributed by atoms with Gasteiger partial charge in [0.1, 0.15) is 12.1 Å². The maximum absolute atomic E-state index is 13.2. The van der Waals surface area contributed by atoms with Crippen LogP contribution in [0.1, 0.15) is 29.9 Å². The zero-order valence-corrected chi connectivity index (χ0v) is 7.29. The number of aldehydes is 1. The van der Waals surface area contributed by atoms with Crippen molar-refractivity contribution in [2.24, 2.45) is 0 Å². The van der Waals surface area contributed by atoms with Crippen molar-refractivity contribution in [3.63, 3.8) is 0 Å². The predicted octanol–water partition coefficient (Wildman–Crippen LogP) is 2.44. The van der Waals surface area contributed by atoms with Crippen LogP contribution >= 0.6 is 0 Å². The highest BCUT2D eigenvalue weighted by Gasteiger charge is 2.26. The minimum absolute atomic E-state index is 0.128. The van der Waals surface area contributed by atoms with E-state index in [1.165, 1.54) is 6.07 Å². The third-order valence-corrected chi connectivity index (χ3v) is 2.40. The number of hydrogen-bond donors (Lipinski definition) is 0. The third-order valence-electron chi connectivity index (χ3n) is 2.40. The largest absolute Gasteiger partial charge is 0.303 e. The first-order chi connectivity index (χ1) is 6.31. The Morgan fingerprint density at radius 3 is 2.85 bits per heavy atom. The van der Waals surface area contributed by atoms with Crippen LogP contribution in [0.5, 0.6) is 0 Å². The fourth-order valence-corrected chi connectivity index (χ4v) is 1.52. The lowest BCUT2D eigenvalue weighted by Crippen LogP contribution is -1.92. The highest BCUT2D eigenvalue weighted by molar-refractivity contribution is 5.55. The molecule has 0 radical (unpaired) electrons. The number of rotatable bonds is 3. The van der Waals surface area contributed by atoms with Gasteiger partial charge in [0.25, 0.3) is 0 Å². The molecule has 1 aliphatic rings. The Morgan fingerprint density at radius 2 is 2.23 bits per heavy atom. The van der Waals surface area contributed by atoms with E-state index in [0.29, 0.717) is 12.3 Å². The normalized spacial score (nSPS) is 15.8. The van der Waals surface area contributed by atoms with E-state index in [9.17, 15) is 9.18 Å². The fraction of sp³-hybridized carbons (Fsp3) is 0.364. The molecule has 0 amide bonds. The summed E-state index contributed by atoms with van der Waals surface area (Å²) in [6.07, 6.45) is 3.41. The van der Waals surface area contributed by atoms with Crippen molar-refractivity contribution in [2.45, 2.75) is 25.2 Å². The Labute approximate surface area is 76.6 Å². The van der Waals surface area contributed by atoms with Crippen molar-refractivity contribution in [3.8, 4) is 0 Å². The number of benzene rings is 1. The van der Waals surface area contributed by atoms with Crippen molar-refractivity contribution < 1.29 is 9.18 Å². The van der Waals surface area contributed by atoms with E-state index < -0.39 is 0 Å². The van der Waals surface area contributed by atoms with E-state index in [4.69, 9.17) is 0 Å². The van der Waals surface area contributed by atoms with E-state index in [0.717, 1.165) is 30.3 Å². The molecule has 1 aromatic carbocycles. The summed E-state index contributed by atoms with van der Waals surface area (Å²) < 4.78 is 13.2. The van der Waals surface area contributed by atoms with E-state index in [2.05, 4.69) is 0 Å². The standard InChI is InChI=1S/C11H11FO/c12-11-4-1-8(5-6-13)7-10(11)9-2-3-9/h1,4,6-7,9H,2-3,5H2. The maximum Gasteiger partial charge on any atom is 0.126 e. The molecular weight excluding hydrogens is 167 g/mol. The summed E-state index contributed by atoms with van der Waals surface area (Å²) in [4.78, 5) is 10.3. The van der Waals surface area contributed by atoms with Crippen LogP contribution in [-0.4, -0.2) is 6.29 Å². The minimum Gasteiger partial charge on any atom is -0.303 e. The lowest BCUT2D eigenvalue weighted by molar-refractivity contribution is -0.107. The second-order valence-electron chi connectivity index (χ2n) is 3.50. The van der Waals surface area contributed by atoms with Gasteiger partial charge < -0.3 is 4.79 Å². The first-order valence-corrected chi connectivity index (χ1v) is 4.53. The van der Waals surface area contributed by atoms with Gasteiger partial charge in [0, 0.05) is 6.42 Å². The zero-order chi connectivity index (χ0) is 9.26. The Kier molecular flexibility index (Phi) is 2.13. The van der Waals surface area contributed by atoms with Gasteiger partial charge in [0.2, 0.25) is 0 Å². The van der Waals surface area contributed by atoms with E-state index >= 15 is 0 Å². The topological polar surface area (TPSA) is 17.1 Å². The first-order valence-electron chi connectivity index (χ1n) is 4.53. The zero-order valence-electron chi connectivity index (χ0n) is 7.29. The van der Waals surface area contributed by atoms with Crippen molar-refractivity contribution in [1.82, 2.24) is 0 Å². The van der Waals surface area contributed by atoms with Crippen molar-refractivity contribution >= 4 is 6.29 Å². The maximum atomic E-state index is 13.2. The number of halogens is 1. The van der Waals surface area contributed by atoms with E-state index in [1.54, 1.807) is 6.07 Å². The van der Waals surface area contributed by atoms with Crippen molar-refractivity contribution in [1.29, 1.82) is 0 Å². The summed E-state index contributed by atoms with van der Waals surface area (Å²) >= 11 is 0. The van der Waals surface area contributed by atoms with Gasteiger partial charge in [-0.1, -0.05) is 12.1 Å². The Bertz CT molecular complexity index is 329. The number of carbonyl (C=O) groups is 1. The Hall–Kier alpha value is -1.18. The monoisotopic (exact) mass is 178 g/mol. The molecule has 0 saturated heterocycles. The van der Waals surface area contributed by atoms with Gasteiger partial charge >= 0.3 is 0 Å². The lowest BCUT2D eigenvalue weighted by Gasteiger charge is -2.02. The quantitative estimate of drug-likeness (QED) is 0.650. The van der Waals surface area contributed by atoms with Crippen LogP contribution in [0.2, 0.25) is 0 Å². The lowest BCUT2D eigenvalue weighted by atomic mass is 10.0. The first kappa shape index (κ1) is 8.42. The molecule has 0 bridgehead atoms. The molecule has 68 valence electrons. The van der Waals surface area contributed by atoms with E-state index in [1.807, 2.05) is 6.07 Å². The molecule has 0 aromatic heterocycles. The summed E-state index contributed by atoms with van der Waals surface area (Å²) in [6.45, 7) is 0. The second kappa shape index (κ2) is 3.29. The SMILES string of the molecule is O=CCc1ccc(F)c(C2CC2)c1. The van der Waals surface area contributed by atoms with Crippen LogP contribution in [0.15, 0.2) is 18.2 Å². The highest BCUT2D eigenvalue weighted by atomic mass is 19.1. The molecule has 0 spiro atoms. The third kappa shape index (κ3) is 1.77. The number of hydrogen-bond acceptors (Lipinski definition) is 1. The van der Waals surface area contributed by atoms with Crippen LogP contribution in [0.3, 0.4) is 0 Å². The molecule has 1 nitrogen and oxygen atoms in total. The van der Waals surface area contributed by atoms with Crippen molar-refractivity contribution in [3.05, 3.63) is 35.1 Å². The predicted molar refractivity (Wildman–Crippen MR) is 48.1 cm³/mol. The van der Waals surface area contributed by atoms with Crippen LogP contribution in [0.25, 0.3) is 0 Å². The van der Waals surface area contributed by atoms with Gasteiger partial charge in [0.05, 0.1) is 0 Å². The molecule has 2 rings (SSSR count). The summed E-state index contributed by atoms with van der Waals surface area (Å²) in [5.74, 6) is 0.281. The molecule has 2 heteroatoms. The van der Waals surface area contributed by atoms with Gasteiger partial charge in [-0.05, 0) is 36.0 Å². The molecular formula is C11H11FO. The second-order valence-corrected chi connectivity index (χ2v) is 3.50. The van der Waals surface area contributed by atoms with E-state index in [-0.39, 0.29) is 5.82 Å². The van der Waals surface area contributed by atoms with Gasteiger partial charge in [-0.3, -0.25) is 0 Å². The summed E-state index contributed by atoms with van der Waals surface area (Å²) in [7, 11) is 0. The molecule has 1 saturated carbocycles. The summed E-state index contributed by atoms with van der Waals surface area (Å²) in [5, 5.41) is 0. The van der Waals surface area contributed by atoms with Gasteiger partial charge in [-0.2, -0.15) is 0 Å². The van der Waals surface area contributed by atoms with Crippen molar-refractivity contribution in [2.75, 3.05) is 0 Å².